The lowest BCUT2D eigenvalue weighted by Gasteiger charge is -2.05. The average Bonchev–Trinajstić information content (AvgIpc) is 2.53. The molecule has 0 spiro atoms. The van der Waals surface area contributed by atoms with Gasteiger partial charge in [0, 0.05) is 0 Å². The Labute approximate surface area is 135 Å². The highest BCUT2D eigenvalue weighted by Crippen LogP contribution is 2.26. The van der Waals surface area contributed by atoms with E-state index in [1.807, 2.05) is 10.1 Å². The number of hydrogen-bond acceptors (Lipinski definition) is 7. The Bertz CT molecular complexity index is 870. The summed E-state index contributed by atoms with van der Waals surface area (Å²) in [6.07, 6.45) is 1.01. The van der Waals surface area contributed by atoms with Crippen molar-refractivity contribution in [1.29, 1.82) is 0 Å². The van der Waals surface area contributed by atoms with Gasteiger partial charge >= 0.3 is 5.69 Å². The van der Waals surface area contributed by atoms with Gasteiger partial charge in [-0.2, -0.15) is 10.2 Å². The van der Waals surface area contributed by atoms with Crippen LogP contribution in [0.3, 0.4) is 0 Å². The smallest absolute Gasteiger partial charge is 0.342 e. The Hall–Kier alpha value is -3.43. The number of H-pyrrole nitrogens is 2. The number of phenols is 1. The van der Waals surface area contributed by atoms with Gasteiger partial charge in [0.05, 0.1) is 19.2 Å². The van der Waals surface area contributed by atoms with E-state index in [1.54, 1.807) is 19.1 Å². The summed E-state index contributed by atoms with van der Waals surface area (Å²) >= 11 is 0. The number of amides is 1. The number of aromatic amines is 2. The van der Waals surface area contributed by atoms with Crippen molar-refractivity contribution in [3.05, 3.63) is 50.3 Å². The van der Waals surface area contributed by atoms with Crippen molar-refractivity contribution in [3.63, 3.8) is 0 Å². The number of aromatic nitrogens is 3. The van der Waals surface area contributed by atoms with Crippen LogP contribution in [-0.4, -0.2) is 39.0 Å². The van der Waals surface area contributed by atoms with E-state index in [4.69, 9.17) is 4.74 Å². The molecule has 0 radical (unpaired) electrons. The first kappa shape index (κ1) is 16.9. The number of nitrogens with one attached hydrogen (secondary N) is 3. The fraction of sp³-hybridized carbons (Fsp3) is 0.214. The Morgan fingerprint density at radius 3 is 2.96 bits per heavy atom. The molecule has 126 valence electrons. The number of benzene rings is 1. The molecule has 0 saturated carbocycles. The van der Waals surface area contributed by atoms with E-state index in [-0.39, 0.29) is 17.9 Å². The van der Waals surface area contributed by atoms with Gasteiger partial charge in [-0.05, 0) is 30.7 Å². The highest BCUT2D eigenvalue weighted by Gasteiger charge is 2.08. The van der Waals surface area contributed by atoms with Crippen molar-refractivity contribution in [2.24, 2.45) is 5.10 Å². The molecule has 0 unspecified atom stereocenters. The van der Waals surface area contributed by atoms with Gasteiger partial charge in [-0.1, -0.05) is 0 Å². The fourth-order valence-electron chi connectivity index (χ4n) is 1.74. The lowest BCUT2D eigenvalue weighted by Crippen LogP contribution is -2.31. The lowest BCUT2D eigenvalue weighted by atomic mass is 10.2. The molecule has 1 amide bonds. The molecule has 0 atom stereocenters. The van der Waals surface area contributed by atoms with Crippen LogP contribution in [0.4, 0.5) is 0 Å². The summed E-state index contributed by atoms with van der Waals surface area (Å²) in [6.45, 7) is 2.18. The second kappa shape index (κ2) is 7.72. The van der Waals surface area contributed by atoms with Gasteiger partial charge < -0.3 is 9.84 Å². The molecule has 4 N–H and O–H groups in total. The van der Waals surface area contributed by atoms with E-state index in [0.717, 1.165) is 0 Å². The van der Waals surface area contributed by atoms with E-state index in [2.05, 4.69) is 15.6 Å². The first-order chi connectivity index (χ1) is 11.5. The lowest BCUT2D eigenvalue weighted by molar-refractivity contribution is -0.120. The Balaban J connectivity index is 1.98. The van der Waals surface area contributed by atoms with Gasteiger partial charge in [-0.15, -0.1) is 0 Å². The summed E-state index contributed by atoms with van der Waals surface area (Å²) < 4.78 is 5.23. The zero-order valence-electron chi connectivity index (χ0n) is 12.7. The molecule has 0 aliphatic carbocycles. The van der Waals surface area contributed by atoms with Gasteiger partial charge in [0.25, 0.3) is 5.56 Å². The number of rotatable bonds is 6. The zero-order valence-corrected chi connectivity index (χ0v) is 12.7. The maximum atomic E-state index is 11.7. The van der Waals surface area contributed by atoms with Crippen LogP contribution in [0.1, 0.15) is 18.2 Å². The zero-order chi connectivity index (χ0) is 17.5. The topological polar surface area (TPSA) is 150 Å². The Morgan fingerprint density at radius 2 is 2.25 bits per heavy atom. The van der Waals surface area contributed by atoms with Crippen LogP contribution in [0, 0.1) is 0 Å². The van der Waals surface area contributed by atoms with E-state index in [9.17, 15) is 19.5 Å². The molecular formula is C14H15N5O5. The predicted octanol–water partition coefficient (Wildman–Crippen LogP) is -0.745. The largest absolute Gasteiger partial charge is 0.504 e. The predicted molar refractivity (Wildman–Crippen MR) is 84.2 cm³/mol. The highest BCUT2D eigenvalue weighted by molar-refractivity contribution is 5.83. The normalized spacial score (nSPS) is 10.7. The summed E-state index contributed by atoms with van der Waals surface area (Å²) in [7, 11) is 0. The van der Waals surface area contributed by atoms with E-state index < -0.39 is 17.2 Å². The number of nitrogens with zero attached hydrogens (tertiary/aromatic N) is 2. The maximum Gasteiger partial charge on any atom is 0.342 e. The van der Waals surface area contributed by atoms with Gasteiger partial charge in [-0.3, -0.25) is 14.6 Å². The third-order valence-electron chi connectivity index (χ3n) is 2.80. The molecule has 1 heterocycles. The highest BCUT2D eigenvalue weighted by atomic mass is 16.5. The number of carbonyl (C=O) groups excluding carboxylic acids is 1. The van der Waals surface area contributed by atoms with Crippen LogP contribution in [0.2, 0.25) is 0 Å². The number of ether oxygens (including phenoxy) is 1. The van der Waals surface area contributed by atoms with Gasteiger partial charge in [0.15, 0.2) is 11.5 Å². The minimum absolute atomic E-state index is 0.00130. The third kappa shape index (κ3) is 4.53. The molecule has 1 aromatic heterocycles. The Morgan fingerprint density at radius 1 is 1.46 bits per heavy atom. The average molecular weight is 333 g/mol. The van der Waals surface area contributed by atoms with Crippen molar-refractivity contribution < 1.29 is 14.6 Å². The first-order valence-corrected chi connectivity index (χ1v) is 6.95. The number of hydrazone groups is 1. The molecule has 0 aliphatic heterocycles. The molecule has 2 rings (SSSR count). The molecule has 24 heavy (non-hydrogen) atoms. The summed E-state index contributed by atoms with van der Waals surface area (Å²) in [6, 6.07) is 4.59. The van der Waals surface area contributed by atoms with Crippen molar-refractivity contribution in [2.45, 2.75) is 13.3 Å². The van der Waals surface area contributed by atoms with Gasteiger partial charge in [-0.25, -0.2) is 15.3 Å². The molecule has 2 aromatic rings. The number of hydrogen-bond donors (Lipinski definition) is 4. The van der Waals surface area contributed by atoms with Gasteiger partial charge in [0.2, 0.25) is 5.91 Å². The van der Waals surface area contributed by atoms with Crippen LogP contribution in [-0.2, 0) is 11.2 Å². The van der Waals surface area contributed by atoms with Crippen LogP contribution in [0.25, 0.3) is 0 Å². The number of phenolic OH excluding ortho intramolecular Hbond substituents is 1. The van der Waals surface area contributed by atoms with Crippen LogP contribution in [0.5, 0.6) is 11.5 Å². The fourth-order valence-corrected chi connectivity index (χ4v) is 1.74. The van der Waals surface area contributed by atoms with E-state index >= 15 is 0 Å². The quantitative estimate of drug-likeness (QED) is 0.404. The SMILES string of the molecule is CCOc1cc(/C=N\NC(=O)Cc2n[nH]c(=O)[nH]c2=O)ccc1O. The number of carbonyl (C=O) groups is 1. The second-order valence-corrected chi connectivity index (χ2v) is 4.58. The second-order valence-electron chi connectivity index (χ2n) is 4.58. The van der Waals surface area contributed by atoms with Crippen molar-refractivity contribution in [2.75, 3.05) is 6.61 Å². The van der Waals surface area contributed by atoms with Crippen LogP contribution >= 0.6 is 0 Å². The van der Waals surface area contributed by atoms with Crippen LogP contribution < -0.4 is 21.4 Å². The van der Waals surface area contributed by atoms with Crippen LogP contribution in [0.15, 0.2) is 32.9 Å². The van der Waals surface area contributed by atoms with Crippen molar-refractivity contribution >= 4 is 12.1 Å². The number of aromatic hydroxyl groups is 1. The maximum absolute atomic E-state index is 11.7. The van der Waals surface area contributed by atoms with Crippen molar-refractivity contribution in [3.8, 4) is 11.5 Å². The standard InChI is InChI=1S/C14H15N5O5/c1-2-24-11-5-8(3-4-10(11)20)7-15-18-12(21)6-9-13(22)16-14(23)19-17-9/h3-5,7,20H,2,6H2,1H3,(H,18,21)(H2,16,19,22,23)/b15-7-. The van der Waals surface area contributed by atoms with E-state index in [1.165, 1.54) is 12.3 Å². The molecular weight excluding hydrogens is 318 g/mol. The summed E-state index contributed by atoms with van der Waals surface area (Å²) in [5.41, 5.74) is 1.20. The summed E-state index contributed by atoms with van der Waals surface area (Å²) in [5, 5.41) is 18.8. The van der Waals surface area contributed by atoms with Gasteiger partial charge in [0.1, 0.15) is 5.69 Å². The first-order valence-electron chi connectivity index (χ1n) is 6.95. The minimum Gasteiger partial charge on any atom is -0.504 e. The molecule has 1 aromatic carbocycles. The molecule has 10 heteroatoms. The molecule has 0 saturated heterocycles. The third-order valence-corrected chi connectivity index (χ3v) is 2.80. The van der Waals surface area contributed by atoms with E-state index in [0.29, 0.717) is 17.9 Å². The summed E-state index contributed by atoms with van der Waals surface area (Å²) in [5.74, 6) is -0.279. The molecule has 0 aliphatic rings. The minimum atomic E-state index is -0.750. The summed E-state index contributed by atoms with van der Waals surface area (Å²) in [4.78, 5) is 35.9. The molecule has 0 fully saturated rings. The molecule has 0 bridgehead atoms. The Kier molecular flexibility index (Phi) is 5.45. The molecule has 10 nitrogen and oxygen atoms in total. The monoisotopic (exact) mass is 333 g/mol. The van der Waals surface area contributed by atoms with Crippen molar-refractivity contribution in [1.82, 2.24) is 20.6 Å².